The van der Waals surface area contributed by atoms with Gasteiger partial charge in [-0.05, 0) is 19.1 Å². The first-order valence-electron chi connectivity index (χ1n) is 5.53. The summed E-state index contributed by atoms with van der Waals surface area (Å²) in [7, 11) is 1.75. The van der Waals surface area contributed by atoms with E-state index >= 15 is 0 Å². The second-order valence-corrected chi connectivity index (χ2v) is 4.23. The number of ether oxygens (including phenoxy) is 1. The molecule has 0 aromatic carbocycles. The highest BCUT2D eigenvalue weighted by Crippen LogP contribution is 2.05. The summed E-state index contributed by atoms with van der Waals surface area (Å²) in [5.41, 5.74) is 1.31. The van der Waals surface area contributed by atoms with Crippen molar-refractivity contribution in [1.29, 1.82) is 0 Å². The minimum Gasteiger partial charge on any atom is -0.380 e. The highest BCUT2D eigenvalue weighted by Gasteiger charge is 2.05. The molecule has 1 aromatic rings. The van der Waals surface area contributed by atoms with Gasteiger partial charge in [0, 0.05) is 38.1 Å². The molecule has 0 radical (unpaired) electrons. The van der Waals surface area contributed by atoms with Gasteiger partial charge in [-0.2, -0.15) is 0 Å². The molecule has 1 rings (SSSR count). The first-order valence-corrected chi connectivity index (χ1v) is 5.53. The quantitative estimate of drug-likeness (QED) is 0.777. The van der Waals surface area contributed by atoms with Crippen molar-refractivity contribution in [2.45, 2.75) is 46.0 Å². The third-order valence-corrected chi connectivity index (χ3v) is 2.47. The molecule has 1 heterocycles. The summed E-state index contributed by atoms with van der Waals surface area (Å²) in [4.78, 5) is 0. The summed E-state index contributed by atoms with van der Waals surface area (Å²) in [5, 5.41) is 3.42. The fourth-order valence-corrected chi connectivity index (χ4v) is 1.45. The van der Waals surface area contributed by atoms with Crippen LogP contribution in [0.3, 0.4) is 0 Å². The van der Waals surface area contributed by atoms with E-state index in [0.717, 1.165) is 13.1 Å². The van der Waals surface area contributed by atoms with Gasteiger partial charge in [0.15, 0.2) is 0 Å². The zero-order valence-corrected chi connectivity index (χ0v) is 10.2. The minimum atomic E-state index is 0.259. The van der Waals surface area contributed by atoms with Crippen molar-refractivity contribution in [3.8, 4) is 0 Å². The van der Waals surface area contributed by atoms with Crippen LogP contribution in [0, 0.1) is 0 Å². The molecule has 0 aliphatic rings. The summed E-state index contributed by atoms with van der Waals surface area (Å²) >= 11 is 0. The second kappa shape index (κ2) is 5.93. The molecule has 0 aliphatic heterocycles. The molecule has 1 unspecified atom stereocenters. The molecule has 3 heteroatoms. The predicted octanol–water partition coefficient (Wildman–Crippen LogP) is 2.02. The molecule has 0 bridgehead atoms. The summed E-state index contributed by atoms with van der Waals surface area (Å²) in [5.74, 6) is 0. The number of rotatable bonds is 6. The smallest absolute Gasteiger partial charge is 0.0722 e. The lowest BCUT2D eigenvalue weighted by atomic mass is 10.3. The molecule has 1 aromatic heterocycles. The summed E-state index contributed by atoms with van der Waals surface area (Å²) in [6.45, 7) is 8.23. The van der Waals surface area contributed by atoms with E-state index in [1.807, 2.05) is 0 Å². The molecule has 0 aliphatic carbocycles. The van der Waals surface area contributed by atoms with Crippen LogP contribution in [0.4, 0.5) is 0 Å². The van der Waals surface area contributed by atoms with Crippen LogP contribution in [0.15, 0.2) is 18.3 Å². The molecule has 0 saturated heterocycles. The van der Waals surface area contributed by atoms with E-state index in [9.17, 15) is 0 Å². The molecule has 86 valence electrons. The van der Waals surface area contributed by atoms with Crippen LogP contribution < -0.4 is 5.32 Å². The van der Waals surface area contributed by atoms with Crippen LogP contribution in [0.25, 0.3) is 0 Å². The Kier molecular flexibility index (Phi) is 4.85. The predicted molar refractivity (Wildman–Crippen MR) is 62.9 cm³/mol. The standard InChI is InChI=1S/C12H22N2O/c1-10(2)13-8-12-6-5-7-14(12)9-11(3)15-4/h5-7,10-11,13H,8-9H2,1-4H3. The van der Waals surface area contributed by atoms with E-state index in [-0.39, 0.29) is 6.10 Å². The highest BCUT2D eigenvalue weighted by molar-refractivity contribution is 5.07. The highest BCUT2D eigenvalue weighted by atomic mass is 16.5. The van der Waals surface area contributed by atoms with E-state index in [2.05, 4.69) is 49.0 Å². The Bertz CT molecular complexity index is 281. The van der Waals surface area contributed by atoms with E-state index < -0.39 is 0 Å². The van der Waals surface area contributed by atoms with Crippen molar-refractivity contribution in [3.05, 3.63) is 24.0 Å². The van der Waals surface area contributed by atoms with Gasteiger partial charge in [0.1, 0.15) is 0 Å². The molecule has 0 saturated carbocycles. The van der Waals surface area contributed by atoms with Gasteiger partial charge >= 0.3 is 0 Å². The number of methoxy groups -OCH3 is 1. The zero-order chi connectivity index (χ0) is 11.3. The lowest BCUT2D eigenvalue weighted by molar-refractivity contribution is 0.102. The van der Waals surface area contributed by atoms with Crippen LogP contribution >= 0.6 is 0 Å². The van der Waals surface area contributed by atoms with Gasteiger partial charge in [0.05, 0.1) is 6.10 Å². The summed E-state index contributed by atoms with van der Waals surface area (Å²) in [6, 6.07) is 4.76. The van der Waals surface area contributed by atoms with E-state index in [0.29, 0.717) is 6.04 Å². The molecule has 0 fully saturated rings. The Hall–Kier alpha value is -0.800. The van der Waals surface area contributed by atoms with Crippen LogP contribution in [-0.2, 0) is 17.8 Å². The Morgan fingerprint density at radius 3 is 2.73 bits per heavy atom. The van der Waals surface area contributed by atoms with E-state index in [1.54, 1.807) is 7.11 Å². The van der Waals surface area contributed by atoms with Gasteiger partial charge in [0.2, 0.25) is 0 Å². The van der Waals surface area contributed by atoms with Crippen molar-refractivity contribution < 1.29 is 4.74 Å². The number of hydrogen-bond donors (Lipinski definition) is 1. The van der Waals surface area contributed by atoms with Crippen LogP contribution in [0.2, 0.25) is 0 Å². The van der Waals surface area contributed by atoms with Gasteiger partial charge in [0.25, 0.3) is 0 Å². The molecular weight excluding hydrogens is 188 g/mol. The van der Waals surface area contributed by atoms with Crippen molar-refractivity contribution in [2.24, 2.45) is 0 Å². The van der Waals surface area contributed by atoms with Gasteiger partial charge in [-0.1, -0.05) is 13.8 Å². The molecule has 0 amide bonds. The Morgan fingerprint density at radius 2 is 2.13 bits per heavy atom. The van der Waals surface area contributed by atoms with Crippen LogP contribution in [0.1, 0.15) is 26.5 Å². The van der Waals surface area contributed by atoms with Gasteiger partial charge in [-0.25, -0.2) is 0 Å². The zero-order valence-electron chi connectivity index (χ0n) is 10.2. The first kappa shape index (κ1) is 12.3. The SMILES string of the molecule is COC(C)Cn1cccc1CNC(C)C. The molecule has 1 atom stereocenters. The first-order chi connectivity index (χ1) is 7.13. The monoisotopic (exact) mass is 210 g/mol. The molecule has 3 nitrogen and oxygen atoms in total. The Balaban J connectivity index is 2.53. The van der Waals surface area contributed by atoms with Crippen molar-refractivity contribution >= 4 is 0 Å². The normalized spacial score (nSPS) is 13.4. The lowest BCUT2D eigenvalue weighted by Crippen LogP contribution is -2.24. The number of nitrogens with one attached hydrogen (secondary N) is 1. The van der Waals surface area contributed by atoms with Crippen molar-refractivity contribution in [3.63, 3.8) is 0 Å². The molecule has 1 N–H and O–H groups in total. The Labute approximate surface area is 92.4 Å². The molecular formula is C12H22N2O. The molecule has 0 spiro atoms. The molecule has 15 heavy (non-hydrogen) atoms. The largest absolute Gasteiger partial charge is 0.380 e. The van der Waals surface area contributed by atoms with Crippen molar-refractivity contribution in [1.82, 2.24) is 9.88 Å². The lowest BCUT2D eigenvalue weighted by Gasteiger charge is -2.15. The third-order valence-electron chi connectivity index (χ3n) is 2.47. The van der Waals surface area contributed by atoms with E-state index in [4.69, 9.17) is 4.74 Å². The maximum absolute atomic E-state index is 5.26. The van der Waals surface area contributed by atoms with Crippen molar-refractivity contribution in [2.75, 3.05) is 7.11 Å². The van der Waals surface area contributed by atoms with Gasteiger partial charge < -0.3 is 14.6 Å². The maximum atomic E-state index is 5.26. The summed E-state index contributed by atoms with van der Waals surface area (Å²) < 4.78 is 7.50. The number of nitrogens with zero attached hydrogens (tertiary/aromatic N) is 1. The number of aromatic nitrogens is 1. The Morgan fingerprint density at radius 1 is 1.40 bits per heavy atom. The minimum absolute atomic E-state index is 0.259. The average Bonchev–Trinajstić information content (AvgIpc) is 2.62. The van der Waals surface area contributed by atoms with Gasteiger partial charge in [-0.15, -0.1) is 0 Å². The topological polar surface area (TPSA) is 26.2 Å². The maximum Gasteiger partial charge on any atom is 0.0722 e. The fraction of sp³-hybridized carbons (Fsp3) is 0.667. The van der Waals surface area contributed by atoms with E-state index in [1.165, 1.54) is 5.69 Å². The second-order valence-electron chi connectivity index (χ2n) is 4.23. The third kappa shape index (κ3) is 4.06. The average molecular weight is 210 g/mol. The number of hydrogen-bond acceptors (Lipinski definition) is 2. The fourth-order valence-electron chi connectivity index (χ4n) is 1.45. The van der Waals surface area contributed by atoms with Crippen LogP contribution in [0.5, 0.6) is 0 Å². The van der Waals surface area contributed by atoms with Crippen LogP contribution in [-0.4, -0.2) is 23.8 Å². The van der Waals surface area contributed by atoms with Gasteiger partial charge in [-0.3, -0.25) is 0 Å². The summed E-state index contributed by atoms with van der Waals surface area (Å²) in [6.07, 6.45) is 2.36.